The van der Waals surface area contributed by atoms with Crippen molar-refractivity contribution in [3.8, 4) is 11.5 Å². The molecule has 2 aromatic carbocycles. The van der Waals surface area contributed by atoms with Crippen molar-refractivity contribution in [3.63, 3.8) is 0 Å². The molecule has 29 heavy (non-hydrogen) atoms. The molecule has 2 aromatic rings. The lowest BCUT2D eigenvalue weighted by atomic mass is 10.1. The second kappa shape index (κ2) is 9.10. The van der Waals surface area contributed by atoms with Crippen molar-refractivity contribution in [2.24, 2.45) is 10.7 Å². The zero-order valence-corrected chi connectivity index (χ0v) is 17.7. The van der Waals surface area contributed by atoms with Crippen LogP contribution in [0.25, 0.3) is 6.08 Å². The van der Waals surface area contributed by atoms with E-state index >= 15 is 0 Å². The number of nitro groups is 1. The fraction of sp³-hybridized carbons (Fsp3) is 0.158. The highest BCUT2D eigenvalue weighted by Gasteiger charge is 2.20. The molecule has 8 nitrogen and oxygen atoms in total. The third-order valence-corrected chi connectivity index (χ3v) is 5.33. The Morgan fingerprint density at radius 1 is 1.24 bits per heavy atom. The predicted octanol–water partition coefficient (Wildman–Crippen LogP) is 4.26. The summed E-state index contributed by atoms with van der Waals surface area (Å²) in [5, 5.41) is 11.0. The number of carbonyl (C=O) groups is 1. The third kappa shape index (κ3) is 5.15. The van der Waals surface area contributed by atoms with Gasteiger partial charge in [-0.2, -0.15) is 4.99 Å². The van der Waals surface area contributed by atoms with E-state index in [4.69, 9.17) is 15.2 Å². The normalized spacial score (nSPS) is 14.8. The quantitative estimate of drug-likeness (QED) is 0.359. The van der Waals surface area contributed by atoms with Gasteiger partial charge in [0.25, 0.3) is 11.6 Å². The molecule has 150 valence electrons. The van der Waals surface area contributed by atoms with Crippen LogP contribution in [-0.4, -0.2) is 22.6 Å². The number of nitrogens with zero attached hydrogens (tertiary/aromatic N) is 2. The molecule has 1 aliphatic heterocycles. The van der Waals surface area contributed by atoms with Crippen molar-refractivity contribution in [3.05, 3.63) is 67.0 Å². The number of benzene rings is 2. The maximum atomic E-state index is 11.8. The molecule has 0 saturated carbocycles. The van der Waals surface area contributed by atoms with Gasteiger partial charge in [-0.3, -0.25) is 14.9 Å². The number of thioether (sulfide) groups is 1. The number of hydrogen-bond donors (Lipinski definition) is 1. The number of non-ortho nitro benzene ring substituents is 1. The Labute approximate surface area is 179 Å². The number of rotatable bonds is 7. The van der Waals surface area contributed by atoms with Crippen LogP contribution in [0.2, 0.25) is 0 Å². The number of nitro benzene ring substituents is 1. The van der Waals surface area contributed by atoms with Crippen LogP contribution in [-0.2, 0) is 11.4 Å². The second-order valence-corrected chi connectivity index (χ2v) is 7.75. The first-order valence-corrected chi connectivity index (χ1v) is 10.1. The van der Waals surface area contributed by atoms with E-state index in [2.05, 4.69) is 20.9 Å². The molecule has 0 atom stereocenters. The minimum atomic E-state index is -0.450. The first-order chi connectivity index (χ1) is 13.9. The van der Waals surface area contributed by atoms with Gasteiger partial charge in [0.2, 0.25) is 0 Å². The van der Waals surface area contributed by atoms with Crippen LogP contribution < -0.4 is 15.2 Å². The highest BCUT2D eigenvalue weighted by Crippen LogP contribution is 2.37. The molecule has 0 aromatic heterocycles. The van der Waals surface area contributed by atoms with E-state index in [1.807, 2.05) is 6.92 Å². The third-order valence-electron chi connectivity index (χ3n) is 3.83. The Morgan fingerprint density at radius 3 is 2.52 bits per heavy atom. The van der Waals surface area contributed by atoms with Crippen molar-refractivity contribution in [1.82, 2.24) is 0 Å². The molecule has 2 N–H and O–H groups in total. The molecule has 3 rings (SSSR count). The number of amides is 1. The Hall–Kier alpha value is -2.85. The van der Waals surface area contributed by atoms with Crippen molar-refractivity contribution < 1.29 is 19.2 Å². The topological polar surface area (TPSA) is 117 Å². The standard InChI is InChI=1S/C19H16BrN3O5S/c1-2-27-15-7-12(8-17-18(24)22-19(21)29-17)14(20)9-16(15)28-10-11-3-5-13(6-4-11)23(25)26/h3-9H,2,10H2,1H3,(H2,21,22,24). The molecular weight excluding hydrogens is 462 g/mol. The largest absolute Gasteiger partial charge is 0.490 e. The Kier molecular flexibility index (Phi) is 6.55. The van der Waals surface area contributed by atoms with Gasteiger partial charge in [0, 0.05) is 16.6 Å². The van der Waals surface area contributed by atoms with Crippen LogP contribution in [0.4, 0.5) is 5.69 Å². The second-order valence-electron chi connectivity index (χ2n) is 5.83. The van der Waals surface area contributed by atoms with E-state index in [1.165, 1.54) is 12.1 Å². The minimum absolute atomic E-state index is 0.0211. The summed E-state index contributed by atoms with van der Waals surface area (Å²) >= 11 is 4.59. The number of carbonyl (C=O) groups excluding carboxylic acids is 1. The van der Waals surface area contributed by atoms with Gasteiger partial charge in [0.05, 0.1) is 16.4 Å². The van der Waals surface area contributed by atoms with E-state index in [1.54, 1.807) is 30.3 Å². The molecule has 0 bridgehead atoms. The molecule has 0 radical (unpaired) electrons. The van der Waals surface area contributed by atoms with Crippen LogP contribution in [0.3, 0.4) is 0 Å². The molecule has 1 heterocycles. The van der Waals surface area contributed by atoms with E-state index in [-0.39, 0.29) is 23.4 Å². The summed E-state index contributed by atoms with van der Waals surface area (Å²) in [4.78, 5) is 26.2. The number of halogens is 1. The summed E-state index contributed by atoms with van der Waals surface area (Å²) in [5.74, 6) is 0.630. The number of aliphatic imine (C=N–C) groups is 1. The lowest BCUT2D eigenvalue weighted by molar-refractivity contribution is -0.384. The molecule has 0 spiro atoms. The number of ether oxygens (including phenoxy) is 2. The van der Waals surface area contributed by atoms with Gasteiger partial charge < -0.3 is 15.2 Å². The molecule has 10 heteroatoms. The lowest BCUT2D eigenvalue weighted by Crippen LogP contribution is -2.01. The Bertz CT molecular complexity index is 1020. The average molecular weight is 478 g/mol. The van der Waals surface area contributed by atoms with Crippen molar-refractivity contribution in [2.75, 3.05) is 6.61 Å². The minimum Gasteiger partial charge on any atom is -0.490 e. The van der Waals surface area contributed by atoms with Gasteiger partial charge in [-0.15, -0.1) is 0 Å². The summed E-state index contributed by atoms with van der Waals surface area (Å²) < 4.78 is 12.2. The summed E-state index contributed by atoms with van der Waals surface area (Å²) in [6.45, 7) is 2.49. The van der Waals surface area contributed by atoms with E-state index in [9.17, 15) is 14.9 Å². The maximum absolute atomic E-state index is 11.8. The van der Waals surface area contributed by atoms with Crippen molar-refractivity contribution in [2.45, 2.75) is 13.5 Å². The van der Waals surface area contributed by atoms with E-state index in [0.29, 0.717) is 27.5 Å². The highest BCUT2D eigenvalue weighted by atomic mass is 79.9. The van der Waals surface area contributed by atoms with Crippen LogP contribution in [0, 0.1) is 10.1 Å². The van der Waals surface area contributed by atoms with Gasteiger partial charge in [0.1, 0.15) is 6.61 Å². The summed E-state index contributed by atoms with van der Waals surface area (Å²) in [7, 11) is 0. The molecule has 0 saturated heterocycles. The molecule has 1 amide bonds. The Morgan fingerprint density at radius 2 is 1.93 bits per heavy atom. The van der Waals surface area contributed by atoms with Crippen LogP contribution in [0.15, 0.2) is 50.8 Å². The number of amidine groups is 1. The summed E-state index contributed by atoms with van der Waals surface area (Å²) in [5.41, 5.74) is 7.11. The highest BCUT2D eigenvalue weighted by molar-refractivity contribution is 9.10. The first kappa shape index (κ1) is 20.9. The monoisotopic (exact) mass is 477 g/mol. The molecular formula is C19H16BrN3O5S. The zero-order valence-electron chi connectivity index (χ0n) is 15.3. The van der Waals surface area contributed by atoms with Crippen LogP contribution in [0.5, 0.6) is 11.5 Å². The van der Waals surface area contributed by atoms with Gasteiger partial charge in [-0.05, 0) is 60.2 Å². The molecule has 0 unspecified atom stereocenters. The lowest BCUT2D eigenvalue weighted by Gasteiger charge is -2.14. The molecule has 0 aliphatic carbocycles. The predicted molar refractivity (Wildman–Crippen MR) is 115 cm³/mol. The molecule has 0 fully saturated rings. The smallest absolute Gasteiger partial charge is 0.286 e. The summed E-state index contributed by atoms with van der Waals surface area (Å²) in [6.07, 6.45) is 1.68. The van der Waals surface area contributed by atoms with Crippen molar-refractivity contribution in [1.29, 1.82) is 0 Å². The SMILES string of the molecule is CCOc1cc(C=C2SC(N)=NC2=O)c(Br)cc1OCc1ccc([N+](=O)[O-])cc1. The van der Waals surface area contributed by atoms with Gasteiger partial charge in [0.15, 0.2) is 16.7 Å². The summed E-state index contributed by atoms with van der Waals surface area (Å²) in [6, 6.07) is 9.64. The van der Waals surface area contributed by atoms with Gasteiger partial charge in [-0.25, -0.2) is 0 Å². The van der Waals surface area contributed by atoms with Crippen LogP contribution in [0.1, 0.15) is 18.1 Å². The fourth-order valence-electron chi connectivity index (χ4n) is 2.48. The van der Waals surface area contributed by atoms with Gasteiger partial charge >= 0.3 is 0 Å². The fourth-order valence-corrected chi connectivity index (χ4v) is 3.59. The molecule has 1 aliphatic rings. The zero-order chi connectivity index (χ0) is 21.0. The van der Waals surface area contributed by atoms with E-state index < -0.39 is 4.92 Å². The average Bonchev–Trinajstić information content (AvgIpc) is 3.00. The first-order valence-electron chi connectivity index (χ1n) is 8.48. The number of nitrogens with two attached hydrogens (primary N) is 1. The van der Waals surface area contributed by atoms with Gasteiger partial charge in [-0.1, -0.05) is 15.9 Å². The maximum Gasteiger partial charge on any atom is 0.286 e. The number of hydrogen-bond acceptors (Lipinski definition) is 7. The van der Waals surface area contributed by atoms with Crippen molar-refractivity contribution >= 4 is 50.5 Å². The van der Waals surface area contributed by atoms with Crippen LogP contribution >= 0.6 is 27.7 Å². The Balaban J connectivity index is 1.81. The van der Waals surface area contributed by atoms with E-state index in [0.717, 1.165) is 22.9 Å².